The van der Waals surface area contributed by atoms with Gasteiger partial charge in [0.15, 0.2) is 0 Å². The quantitative estimate of drug-likeness (QED) is 0.290. The molecule has 0 fully saturated rings. The zero-order valence-electron chi connectivity index (χ0n) is 18.6. The Morgan fingerprint density at radius 1 is 0.618 bits per heavy atom. The minimum Gasteiger partial charge on any atom is -0.497 e. The molecule has 0 radical (unpaired) electrons. The lowest BCUT2D eigenvalue weighted by Crippen LogP contribution is -1.97. The summed E-state index contributed by atoms with van der Waals surface area (Å²) < 4.78 is 10.2. The van der Waals surface area contributed by atoms with Crippen LogP contribution in [0.4, 0.5) is 0 Å². The van der Waals surface area contributed by atoms with Crippen LogP contribution >= 0.6 is 0 Å². The molecule has 0 spiro atoms. The third kappa shape index (κ3) is 2.57. The fourth-order valence-electron chi connectivity index (χ4n) is 5.24. The molecule has 4 heteroatoms. The van der Waals surface area contributed by atoms with E-state index in [4.69, 9.17) is 9.72 Å². The molecule has 3 heterocycles. The van der Waals surface area contributed by atoms with E-state index >= 15 is 0 Å². The van der Waals surface area contributed by atoms with Crippen molar-refractivity contribution in [1.82, 2.24) is 14.1 Å². The number of hydrogen-bond acceptors (Lipinski definition) is 2. The molecule has 7 aromatic rings. The molecule has 7 rings (SSSR count). The summed E-state index contributed by atoms with van der Waals surface area (Å²) in [6, 6.07) is 36.0. The second-order valence-electron chi connectivity index (χ2n) is 8.45. The van der Waals surface area contributed by atoms with E-state index < -0.39 is 0 Å². The number of ether oxygens (including phenoxy) is 1. The van der Waals surface area contributed by atoms with Crippen LogP contribution in [0, 0.1) is 0 Å². The van der Waals surface area contributed by atoms with Gasteiger partial charge in [-0.1, -0.05) is 48.5 Å². The first-order chi connectivity index (χ1) is 16.8. The normalized spacial score (nSPS) is 11.7. The first-order valence-electron chi connectivity index (χ1n) is 11.4. The number of aromatic nitrogens is 3. The molecule has 0 saturated carbocycles. The van der Waals surface area contributed by atoms with E-state index in [1.54, 1.807) is 7.11 Å². The summed E-state index contributed by atoms with van der Waals surface area (Å²) in [6.07, 6.45) is 1.85. The number of pyridine rings is 1. The Morgan fingerprint density at radius 3 is 2.24 bits per heavy atom. The monoisotopic (exact) mass is 439 g/mol. The average Bonchev–Trinajstić information content (AvgIpc) is 3.42. The van der Waals surface area contributed by atoms with Crippen LogP contribution in [-0.4, -0.2) is 21.2 Å². The molecule has 34 heavy (non-hydrogen) atoms. The van der Waals surface area contributed by atoms with Crippen LogP contribution in [0.5, 0.6) is 5.75 Å². The van der Waals surface area contributed by atoms with Crippen LogP contribution in [-0.2, 0) is 0 Å². The third-order valence-corrected chi connectivity index (χ3v) is 6.66. The Hall–Kier alpha value is -4.57. The van der Waals surface area contributed by atoms with Gasteiger partial charge in [-0.2, -0.15) is 0 Å². The van der Waals surface area contributed by atoms with Crippen molar-refractivity contribution in [2.24, 2.45) is 0 Å². The topological polar surface area (TPSA) is 32.0 Å². The minimum atomic E-state index is 0.829. The van der Waals surface area contributed by atoms with Gasteiger partial charge in [-0.25, -0.2) is 4.98 Å². The maximum absolute atomic E-state index is 5.59. The van der Waals surface area contributed by atoms with Crippen molar-refractivity contribution in [3.63, 3.8) is 0 Å². The van der Waals surface area contributed by atoms with Crippen molar-refractivity contribution in [3.8, 4) is 17.3 Å². The molecule has 0 unspecified atom stereocenters. The van der Waals surface area contributed by atoms with Gasteiger partial charge in [-0.15, -0.1) is 0 Å². The Bertz CT molecular complexity index is 1830. The van der Waals surface area contributed by atoms with Crippen molar-refractivity contribution in [1.29, 1.82) is 0 Å². The Labute approximate surface area is 196 Å². The van der Waals surface area contributed by atoms with Gasteiger partial charge in [0.25, 0.3) is 0 Å². The zero-order valence-corrected chi connectivity index (χ0v) is 18.6. The van der Waals surface area contributed by atoms with Crippen LogP contribution in [0.2, 0.25) is 0 Å². The molecule has 0 N–H and O–H groups in total. The number of fused-ring (bicyclic) bond motifs is 7. The highest BCUT2D eigenvalue weighted by molar-refractivity contribution is 6.26. The average molecular weight is 440 g/mol. The van der Waals surface area contributed by atoms with Gasteiger partial charge < -0.3 is 9.30 Å². The van der Waals surface area contributed by atoms with Crippen molar-refractivity contribution in [2.45, 2.75) is 0 Å². The van der Waals surface area contributed by atoms with Crippen molar-refractivity contribution < 1.29 is 4.74 Å². The molecule has 0 bridgehead atoms. The van der Waals surface area contributed by atoms with Crippen LogP contribution in [0.1, 0.15) is 0 Å². The third-order valence-electron chi connectivity index (χ3n) is 6.66. The molecule has 0 aliphatic carbocycles. The van der Waals surface area contributed by atoms with E-state index in [0.29, 0.717) is 0 Å². The van der Waals surface area contributed by atoms with Gasteiger partial charge >= 0.3 is 0 Å². The molecule has 3 aromatic heterocycles. The van der Waals surface area contributed by atoms with E-state index in [9.17, 15) is 0 Å². The summed E-state index contributed by atoms with van der Waals surface area (Å²) in [5, 5.41) is 4.82. The van der Waals surface area contributed by atoms with Crippen molar-refractivity contribution >= 4 is 43.6 Å². The molecule has 0 aliphatic rings. The SMILES string of the molecule is COc1ccc2c3ccc4c(c5ccccc5n4-c4ccccc4)c3n(-c3ccccn3)c2c1. The van der Waals surface area contributed by atoms with Gasteiger partial charge in [-0.3, -0.25) is 4.57 Å². The molecule has 4 aromatic carbocycles. The summed E-state index contributed by atoms with van der Waals surface area (Å²) in [5.41, 5.74) is 5.75. The first kappa shape index (κ1) is 18.9. The lowest BCUT2D eigenvalue weighted by Gasteiger charge is -2.09. The molecule has 0 aliphatic heterocycles. The number of nitrogens with zero attached hydrogens (tertiary/aromatic N) is 3. The van der Waals surface area contributed by atoms with Crippen LogP contribution < -0.4 is 4.74 Å². The lowest BCUT2D eigenvalue weighted by molar-refractivity contribution is 0.415. The van der Waals surface area contributed by atoms with Gasteiger partial charge in [0, 0.05) is 39.5 Å². The van der Waals surface area contributed by atoms with Crippen molar-refractivity contribution in [2.75, 3.05) is 7.11 Å². The standard InChI is InChI=1S/C30H21N3O/c1-34-21-14-15-22-23-16-17-26-29(30(23)33(27(22)19-21)28-13-7-8-18-31-28)24-11-5-6-12-25(24)32(26)20-9-3-2-4-10-20/h2-19H,1H3. The molecule has 4 nitrogen and oxygen atoms in total. The highest BCUT2D eigenvalue weighted by atomic mass is 16.5. The summed E-state index contributed by atoms with van der Waals surface area (Å²) in [7, 11) is 1.71. The van der Waals surface area contributed by atoms with Gasteiger partial charge in [-0.05, 0) is 48.5 Å². The highest BCUT2D eigenvalue weighted by Crippen LogP contribution is 2.42. The largest absolute Gasteiger partial charge is 0.497 e. The molecule has 0 amide bonds. The first-order valence-corrected chi connectivity index (χ1v) is 11.4. The van der Waals surface area contributed by atoms with Crippen LogP contribution in [0.15, 0.2) is 109 Å². The number of rotatable bonds is 3. The summed E-state index contributed by atoms with van der Waals surface area (Å²) in [4.78, 5) is 4.74. The second kappa shape index (κ2) is 7.22. The lowest BCUT2D eigenvalue weighted by atomic mass is 10.1. The minimum absolute atomic E-state index is 0.829. The maximum Gasteiger partial charge on any atom is 0.137 e. The summed E-state index contributed by atoms with van der Waals surface area (Å²) in [5.74, 6) is 1.72. The fourth-order valence-corrected chi connectivity index (χ4v) is 5.24. The van der Waals surface area contributed by atoms with E-state index in [1.165, 1.54) is 32.6 Å². The number of para-hydroxylation sites is 2. The second-order valence-corrected chi connectivity index (χ2v) is 8.45. The van der Waals surface area contributed by atoms with E-state index in [-0.39, 0.29) is 0 Å². The molecule has 0 saturated heterocycles. The van der Waals surface area contributed by atoms with E-state index in [2.05, 4.69) is 94.1 Å². The van der Waals surface area contributed by atoms with Crippen LogP contribution in [0.3, 0.4) is 0 Å². The van der Waals surface area contributed by atoms with Crippen LogP contribution in [0.25, 0.3) is 55.1 Å². The Balaban J connectivity index is 1.76. The van der Waals surface area contributed by atoms with Gasteiger partial charge in [0.05, 0.1) is 29.2 Å². The number of hydrogen-bond donors (Lipinski definition) is 0. The molecule has 162 valence electrons. The predicted molar refractivity (Wildman–Crippen MR) is 139 cm³/mol. The van der Waals surface area contributed by atoms with Gasteiger partial charge in [0.2, 0.25) is 0 Å². The Kier molecular flexibility index (Phi) is 4.02. The van der Waals surface area contributed by atoms with Gasteiger partial charge in [0.1, 0.15) is 11.6 Å². The zero-order chi connectivity index (χ0) is 22.6. The summed E-state index contributed by atoms with van der Waals surface area (Å²) in [6.45, 7) is 0. The maximum atomic E-state index is 5.59. The highest BCUT2D eigenvalue weighted by Gasteiger charge is 2.21. The Morgan fingerprint density at radius 2 is 1.41 bits per heavy atom. The van der Waals surface area contributed by atoms with E-state index in [1.807, 2.05) is 24.4 Å². The summed E-state index contributed by atoms with van der Waals surface area (Å²) >= 11 is 0. The smallest absolute Gasteiger partial charge is 0.137 e. The molecular formula is C30H21N3O. The number of benzene rings is 4. The van der Waals surface area contributed by atoms with E-state index in [0.717, 1.165) is 28.3 Å². The number of methoxy groups -OCH3 is 1. The molecule has 0 atom stereocenters. The van der Waals surface area contributed by atoms with Crippen molar-refractivity contribution in [3.05, 3.63) is 109 Å². The fraction of sp³-hybridized carbons (Fsp3) is 0.0333. The molecular weight excluding hydrogens is 418 g/mol. The predicted octanol–water partition coefficient (Wildman–Crippen LogP) is 7.28.